The summed E-state index contributed by atoms with van der Waals surface area (Å²) in [6, 6.07) is 0.113. The first kappa shape index (κ1) is 13.6. The average Bonchev–Trinajstić information content (AvgIpc) is 2.39. The van der Waals surface area contributed by atoms with Gasteiger partial charge in [0.05, 0.1) is 6.04 Å². The normalized spacial score (nSPS) is 22.8. The second kappa shape index (κ2) is 5.77. The fourth-order valence-corrected chi connectivity index (χ4v) is 2.67. The van der Waals surface area contributed by atoms with Gasteiger partial charge in [0, 0.05) is 18.8 Å². The van der Waals surface area contributed by atoms with Gasteiger partial charge < -0.3 is 15.4 Å². The van der Waals surface area contributed by atoms with E-state index >= 15 is 0 Å². The maximum absolute atomic E-state index is 12.0. The number of rotatable bonds is 1. The van der Waals surface area contributed by atoms with Crippen LogP contribution in [0.4, 0.5) is 4.79 Å². The molecule has 1 saturated heterocycles. The molecule has 0 saturated carbocycles. The molecular formula is C11H22N2O2S. The number of nitrogens with two attached hydrogens (primary N) is 1. The van der Waals surface area contributed by atoms with E-state index in [4.69, 9.17) is 10.5 Å². The van der Waals surface area contributed by atoms with Crippen molar-refractivity contribution in [3.8, 4) is 0 Å². The molecule has 16 heavy (non-hydrogen) atoms. The monoisotopic (exact) mass is 246 g/mol. The van der Waals surface area contributed by atoms with Crippen LogP contribution in [0.1, 0.15) is 27.2 Å². The number of nitrogens with zero attached hydrogens (tertiary/aromatic N) is 1. The maximum Gasteiger partial charge on any atom is 0.410 e. The van der Waals surface area contributed by atoms with Gasteiger partial charge in [-0.3, -0.25) is 0 Å². The highest BCUT2D eigenvalue weighted by Crippen LogP contribution is 2.18. The van der Waals surface area contributed by atoms with Crippen molar-refractivity contribution in [1.82, 2.24) is 4.90 Å². The molecule has 0 aromatic heterocycles. The molecule has 1 rings (SSSR count). The first-order valence-corrected chi connectivity index (χ1v) is 6.87. The third-order valence-electron chi connectivity index (χ3n) is 2.34. The average molecular weight is 246 g/mol. The van der Waals surface area contributed by atoms with Gasteiger partial charge in [-0.15, -0.1) is 0 Å². The summed E-state index contributed by atoms with van der Waals surface area (Å²) in [5.41, 5.74) is 5.27. The molecule has 94 valence electrons. The van der Waals surface area contributed by atoms with E-state index in [-0.39, 0.29) is 12.1 Å². The van der Waals surface area contributed by atoms with Gasteiger partial charge >= 0.3 is 6.09 Å². The highest BCUT2D eigenvalue weighted by Gasteiger charge is 2.28. The summed E-state index contributed by atoms with van der Waals surface area (Å²) < 4.78 is 5.39. The molecule has 1 aliphatic rings. The number of hydrogen-bond acceptors (Lipinski definition) is 4. The van der Waals surface area contributed by atoms with E-state index < -0.39 is 5.60 Å². The molecule has 1 atom stereocenters. The summed E-state index contributed by atoms with van der Waals surface area (Å²) in [6.45, 7) is 6.91. The predicted octanol–water partition coefficient (Wildman–Crippen LogP) is 1.69. The molecule has 0 aromatic carbocycles. The Morgan fingerprint density at radius 1 is 1.56 bits per heavy atom. The van der Waals surface area contributed by atoms with Crippen molar-refractivity contribution in [2.75, 3.05) is 24.6 Å². The van der Waals surface area contributed by atoms with Crippen LogP contribution in [-0.4, -0.2) is 47.2 Å². The van der Waals surface area contributed by atoms with E-state index in [1.54, 1.807) is 4.90 Å². The summed E-state index contributed by atoms with van der Waals surface area (Å²) >= 11 is 1.86. The maximum atomic E-state index is 12.0. The smallest absolute Gasteiger partial charge is 0.410 e. The second-order valence-corrected chi connectivity index (χ2v) is 6.14. The van der Waals surface area contributed by atoms with Crippen LogP contribution in [0.2, 0.25) is 0 Å². The van der Waals surface area contributed by atoms with E-state index in [2.05, 4.69) is 0 Å². The van der Waals surface area contributed by atoms with E-state index in [1.165, 1.54) is 0 Å². The lowest BCUT2D eigenvalue weighted by molar-refractivity contribution is 0.0191. The molecule has 1 aliphatic heterocycles. The fourth-order valence-electron chi connectivity index (χ4n) is 1.59. The van der Waals surface area contributed by atoms with E-state index in [9.17, 15) is 4.79 Å². The summed E-state index contributed by atoms with van der Waals surface area (Å²) in [6.07, 6.45) is 0.783. The SMILES string of the molecule is CC(C)(C)OC(=O)N1CCCSCC1CN. The Kier molecular flexibility index (Phi) is 4.92. The van der Waals surface area contributed by atoms with Gasteiger partial charge in [-0.2, -0.15) is 11.8 Å². The summed E-state index contributed by atoms with van der Waals surface area (Å²) in [5, 5.41) is 0. The number of thioether (sulfide) groups is 1. The van der Waals surface area contributed by atoms with Crippen molar-refractivity contribution in [3.63, 3.8) is 0 Å². The van der Waals surface area contributed by atoms with Crippen molar-refractivity contribution in [2.45, 2.75) is 38.8 Å². The lowest BCUT2D eigenvalue weighted by Gasteiger charge is -2.31. The van der Waals surface area contributed by atoms with Crippen LogP contribution in [0, 0.1) is 0 Å². The van der Waals surface area contributed by atoms with Gasteiger partial charge in [-0.1, -0.05) is 0 Å². The molecule has 1 unspecified atom stereocenters. The predicted molar refractivity (Wildman–Crippen MR) is 67.7 cm³/mol. The zero-order valence-corrected chi connectivity index (χ0v) is 11.2. The molecule has 0 bridgehead atoms. The van der Waals surface area contributed by atoms with Crippen LogP contribution < -0.4 is 5.73 Å². The highest BCUT2D eigenvalue weighted by molar-refractivity contribution is 7.99. The van der Waals surface area contributed by atoms with Crippen molar-refractivity contribution < 1.29 is 9.53 Å². The Morgan fingerprint density at radius 3 is 2.81 bits per heavy atom. The third kappa shape index (κ3) is 4.22. The third-order valence-corrected chi connectivity index (χ3v) is 3.54. The van der Waals surface area contributed by atoms with Gasteiger partial charge in [0.25, 0.3) is 0 Å². The van der Waals surface area contributed by atoms with Crippen molar-refractivity contribution >= 4 is 17.9 Å². The summed E-state index contributed by atoms with van der Waals surface area (Å²) in [7, 11) is 0. The van der Waals surface area contributed by atoms with Crippen molar-refractivity contribution in [2.24, 2.45) is 5.73 Å². The summed E-state index contributed by atoms with van der Waals surface area (Å²) in [5.74, 6) is 2.01. The van der Waals surface area contributed by atoms with Crippen LogP contribution >= 0.6 is 11.8 Å². The number of carbonyl (C=O) groups is 1. The van der Waals surface area contributed by atoms with Gasteiger partial charge in [0.2, 0.25) is 0 Å². The largest absolute Gasteiger partial charge is 0.444 e. The van der Waals surface area contributed by atoms with E-state index in [0.29, 0.717) is 6.54 Å². The Labute approximate surface area is 102 Å². The Hall–Kier alpha value is -0.420. The lowest BCUT2D eigenvalue weighted by Crippen LogP contribution is -2.47. The molecule has 1 fully saturated rings. The van der Waals surface area contributed by atoms with Crippen LogP contribution in [0.15, 0.2) is 0 Å². The van der Waals surface area contributed by atoms with Gasteiger partial charge in [-0.25, -0.2) is 4.79 Å². The van der Waals surface area contributed by atoms with Gasteiger partial charge in [0.15, 0.2) is 0 Å². The molecule has 0 aliphatic carbocycles. The molecule has 0 radical (unpaired) electrons. The number of hydrogen-bond donors (Lipinski definition) is 1. The molecule has 1 amide bonds. The van der Waals surface area contributed by atoms with Crippen LogP contribution in [0.5, 0.6) is 0 Å². The van der Waals surface area contributed by atoms with E-state index in [0.717, 1.165) is 24.5 Å². The minimum absolute atomic E-state index is 0.113. The minimum Gasteiger partial charge on any atom is -0.444 e. The topological polar surface area (TPSA) is 55.6 Å². The quantitative estimate of drug-likeness (QED) is 0.765. The fraction of sp³-hybridized carbons (Fsp3) is 0.909. The number of amides is 1. The Balaban J connectivity index is 2.63. The highest BCUT2D eigenvalue weighted by atomic mass is 32.2. The molecule has 1 heterocycles. The van der Waals surface area contributed by atoms with Crippen LogP contribution in [0.25, 0.3) is 0 Å². The van der Waals surface area contributed by atoms with Crippen LogP contribution in [-0.2, 0) is 4.74 Å². The molecular weight excluding hydrogens is 224 g/mol. The molecule has 4 nitrogen and oxygen atoms in total. The Bertz CT molecular complexity index is 241. The first-order chi connectivity index (χ1) is 7.44. The lowest BCUT2D eigenvalue weighted by atomic mass is 10.2. The molecule has 0 spiro atoms. The van der Waals surface area contributed by atoms with E-state index in [1.807, 2.05) is 32.5 Å². The molecule has 0 aromatic rings. The summed E-state index contributed by atoms with van der Waals surface area (Å²) in [4.78, 5) is 13.8. The number of ether oxygens (including phenoxy) is 1. The standard InChI is InChI=1S/C11H22N2O2S/c1-11(2,3)15-10(14)13-5-4-6-16-8-9(13)7-12/h9H,4-8,12H2,1-3H3. The first-order valence-electron chi connectivity index (χ1n) is 5.71. The van der Waals surface area contributed by atoms with Crippen LogP contribution in [0.3, 0.4) is 0 Å². The second-order valence-electron chi connectivity index (χ2n) is 4.99. The minimum atomic E-state index is -0.435. The van der Waals surface area contributed by atoms with Gasteiger partial charge in [0.1, 0.15) is 5.60 Å². The Morgan fingerprint density at radius 2 is 2.25 bits per heavy atom. The van der Waals surface area contributed by atoms with Crippen molar-refractivity contribution in [1.29, 1.82) is 0 Å². The van der Waals surface area contributed by atoms with Crippen molar-refractivity contribution in [3.05, 3.63) is 0 Å². The van der Waals surface area contributed by atoms with Gasteiger partial charge in [-0.05, 0) is 32.9 Å². The molecule has 5 heteroatoms. The molecule has 2 N–H and O–H groups in total. The zero-order chi connectivity index (χ0) is 12.2. The number of carbonyl (C=O) groups excluding carboxylic acids is 1. The zero-order valence-electron chi connectivity index (χ0n) is 10.4.